The van der Waals surface area contributed by atoms with Gasteiger partial charge >= 0.3 is 0 Å². The topological polar surface area (TPSA) is 24.9 Å². The molecule has 1 aromatic heterocycles. The average Bonchev–Trinajstić information content (AvgIpc) is 2.77. The predicted molar refractivity (Wildman–Crippen MR) is 77.2 cm³/mol. The lowest BCUT2D eigenvalue weighted by Crippen LogP contribution is -2.07. The molecule has 0 aliphatic heterocycles. The maximum Gasteiger partial charge on any atom is 0.288 e. The summed E-state index contributed by atoms with van der Waals surface area (Å²) in [6.07, 6.45) is 0. The first kappa shape index (κ1) is 14.3. The molecule has 0 aliphatic carbocycles. The molecule has 1 heterocycles. The van der Waals surface area contributed by atoms with Crippen LogP contribution in [0.15, 0.2) is 34.7 Å². The summed E-state index contributed by atoms with van der Waals surface area (Å²) in [5.41, 5.74) is 3.50. The molecule has 0 spiro atoms. The Labute approximate surface area is 119 Å². The van der Waals surface area contributed by atoms with Crippen LogP contribution in [-0.4, -0.2) is 10.7 Å². The zero-order chi connectivity index (χ0) is 13.8. The maximum atomic E-state index is 12.5. The molecule has 0 aliphatic rings. The van der Waals surface area contributed by atoms with Gasteiger partial charge in [0.2, 0.25) is 0 Å². The van der Waals surface area contributed by atoms with Crippen LogP contribution in [0, 0.1) is 6.92 Å². The number of nitrogens with one attached hydrogen (secondary N) is 1. The van der Waals surface area contributed by atoms with Gasteiger partial charge in [0.05, 0.1) is 17.2 Å². The second kappa shape index (κ2) is 6.34. The highest BCUT2D eigenvalue weighted by molar-refractivity contribution is 7.99. The Morgan fingerprint density at radius 3 is 2.68 bits per heavy atom. The largest absolute Gasteiger partial charge is 0.377 e. The summed E-state index contributed by atoms with van der Waals surface area (Å²) >= 11 is 2.13. The Morgan fingerprint density at radius 2 is 2.05 bits per heavy atom. The number of aryl methyl sites for hydroxylation is 1. The first-order chi connectivity index (χ1) is 9.08. The highest BCUT2D eigenvalue weighted by atomic mass is 32.2. The molecule has 2 aromatic rings. The minimum Gasteiger partial charge on any atom is -0.377 e. The Kier molecular flexibility index (Phi) is 4.76. The molecular weight excluding hydrogens is 286 g/mol. The molecule has 2 rings (SSSR count). The highest BCUT2D eigenvalue weighted by Crippen LogP contribution is 2.34. The number of nitrogens with zero attached hydrogens (tertiary/aromatic N) is 1. The molecule has 102 valence electrons. The number of anilines is 1. The van der Waals surface area contributed by atoms with Crippen molar-refractivity contribution >= 4 is 28.8 Å². The number of alkyl halides is 2. The van der Waals surface area contributed by atoms with Crippen LogP contribution in [0.3, 0.4) is 0 Å². The summed E-state index contributed by atoms with van der Waals surface area (Å²) in [5.74, 6) is -2.41. The molecule has 0 saturated carbocycles. The number of halogens is 2. The van der Waals surface area contributed by atoms with Crippen LogP contribution in [0.4, 0.5) is 14.5 Å². The Morgan fingerprint density at radius 1 is 1.32 bits per heavy atom. The summed E-state index contributed by atoms with van der Waals surface area (Å²) in [4.78, 5) is 5.89. The van der Waals surface area contributed by atoms with E-state index < -0.39 is 5.76 Å². The van der Waals surface area contributed by atoms with E-state index in [1.165, 1.54) is 0 Å². The minimum absolute atomic E-state index is 0.0481. The van der Waals surface area contributed by atoms with Crippen molar-refractivity contribution in [2.24, 2.45) is 0 Å². The minimum atomic E-state index is -2.41. The van der Waals surface area contributed by atoms with E-state index in [9.17, 15) is 8.78 Å². The smallest absolute Gasteiger partial charge is 0.288 e. The first-order valence-corrected chi connectivity index (χ1v) is 7.54. The molecule has 0 saturated heterocycles. The third kappa shape index (κ3) is 3.67. The van der Waals surface area contributed by atoms with Crippen molar-refractivity contribution in [3.05, 3.63) is 40.3 Å². The molecule has 1 atom stereocenters. The quantitative estimate of drug-likeness (QED) is 0.792. The van der Waals surface area contributed by atoms with Gasteiger partial charge in [0.15, 0.2) is 0 Å². The van der Waals surface area contributed by atoms with E-state index in [2.05, 4.69) is 10.3 Å². The van der Waals surface area contributed by atoms with Crippen LogP contribution in [0.2, 0.25) is 0 Å². The summed E-state index contributed by atoms with van der Waals surface area (Å²) in [6, 6.07) is 7.16. The van der Waals surface area contributed by atoms with Gasteiger partial charge in [-0.05, 0) is 26.0 Å². The lowest BCUT2D eigenvalue weighted by Gasteiger charge is -2.17. The van der Waals surface area contributed by atoms with Crippen LogP contribution in [0.25, 0.3) is 0 Å². The van der Waals surface area contributed by atoms with Gasteiger partial charge in [0.1, 0.15) is 0 Å². The molecule has 0 fully saturated rings. The van der Waals surface area contributed by atoms with Crippen LogP contribution in [-0.2, 0) is 0 Å². The van der Waals surface area contributed by atoms with Crippen molar-refractivity contribution in [1.29, 1.82) is 0 Å². The van der Waals surface area contributed by atoms with Crippen LogP contribution >= 0.6 is 23.1 Å². The van der Waals surface area contributed by atoms with Gasteiger partial charge in [-0.15, -0.1) is 11.3 Å². The molecule has 0 amide bonds. The van der Waals surface area contributed by atoms with Crippen molar-refractivity contribution in [2.45, 2.75) is 30.5 Å². The number of hydrogen-bond donors (Lipinski definition) is 1. The molecule has 0 bridgehead atoms. The number of thioether (sulfide) groups is 1. The number of para-hydroxylation sites is 1. The fourth-order valence-corrected chi connectivity index (χ4v) is 3.22. The molecule has 1 aromatic carbocycles. The average molecular weight is 300 g/mol. The second-order valence-electron chi connectivity index (χ2n) is 4.04. The van der Waals surface area contributed by atoms with Crippen molar-refractivity contribution in [2.75, 3.05) is 5.32 Å². The zero-order valence-corrected chi connectivity index (χ0v) is 12.2. The molecule has 6 heteroatoms. The van der Waals surface area contributed by atoms with E-state index in [0.717, 1.165) is 16.3 Å². The monoisotopic (exact) mass is 300 g/mol. The standard InChI is InChI=1S/C13H14F2N2S2/c1-8-12(18-7-16-8)9(2)17-10-5-3-4-6-11(10)19-13(14)15/h3-7,9,13,17H,1-2H3. The highest BCUT2D eigenvalue weighted by Gasteiger charge is 2.14. The van der Waals surface area contributed by atoms with E-state index in [0.29, 0.717) is 16.7 Å². The maximum absolute atomic E-state index is 12.5. The van der Waals surface area contributed by atoms with Crippen molar-refractivity contribution < 1.29 is 8.78 Å². The van der Waals surface area contributed by atoms with E-state index in [-0.39, 0.29) is 6.04 Å². The first-order valence-electron chi connectivity index (χ1n) is 5.78. The van der Waals surface area contributed by atoms with E-state index in [1.807, 2.05) is 26.0 Å². The van der Waals surface area contributed by atoms with Gasteiger partial charge in [-0.3, -0.25) is 0 Å². The number of thiazole rings is 1. The molecule has 2 nitrogen and oxygen atoms in total. The lowest BCUT2D eigenvalue weighted by molar-refractivity contribution is 0.252. The SMILES string of the molecule is Cc1ncsc1C(C)Nc1ccccc1SC(F)F. The number of benzene rings is 1. The van der Waals surface area contributed by atoms with Crippen LogP contribution in [0.5, 0.6) is 0 Å². The van der Waals surface area contributed by atoms with Gasteiger partial charge < -0.3 is 5.32 Å². The summed E-state index contributed by atoms with van der Waals surface area (Å²) in [6.45, 7) is 3.95. The molecule has 1 unspecified atom stereocenters. The molecule has 19 heavy (non-hydrogen) atoms. The fraction of sp³-hybridized carbons (Fsp3) is 0.308. The van der Waals surface area contributed by atoms with Gasteiger partial charge in [-0.25, -0.2) is 4.98 Å². The van der Waals surface area contributed by atoms with Gasteiger partial charge in [-0.2, -0.15) is 8.78 Å². The third-order valence-corrected chi connectivity index (χ3v) is 4.55. The molecule has 0 radical (unpaired) electrons. The van der Waals surface area contributed by atoms with Gasteiger partial charge in [-0.1, -0.05) is 23.9 Å². The van der Waals surface area contributed by atoms with E-state index in [4.69, 9.17) is 0 Å². The van der Waals surface area contributed by atoms with Crippen LogP contribution < -0.4 is 5.32 Å². The number of aromatic nitrogens is 1. The van der Waals surface area contributed by atoms with Crippen molar-refractivity contribution in [1.82, 2.24) is 4.98 Å². The Balaban J connectivity index is 2.17. The molecular formula is C13H14F2N2S2. The summed E-state index contributed by atoms with van der Waals surface area (Å²) in [7, 11) is 0. The van der Waals surface area contributed by atoms with Gasteiger partial charge in [0, 0.05) is 15.5 Å². The molecule has 1 N–H and O–H groups in total. The second-order valence-corrected chi connectivity index (χ2v) is 5.96. The van der Waals surface area contributed by atoms with Crippen molar-refractivity contribution in [3.63, 3.8) is 0 Å². The van der Waals surface area contributed by atoms with Gasteiger partial charge in [0.25, 0.3) is 5.76 Å². The lowest BCUT2D eigenvalue weighted by atomic mass is 10.2. The van der Waals surface area contributed by atoms with E-state index in [1.54, 1.807) is 29.0 Å². The zero-order valence-electron chi connectivity index (χ0n) is 10.6. The van der Waals surface area contributed by atoms with Crippen LogP contribution in [0.1, 0.15) is 23.5 Å². The summed E-state index contributed by atoms with van der Waals surface area (Å²) < 4.78 is 25.0. The number of hydrogen-bond acceptors (Lipinski definition) is 4. The fourth-order valence-electron chi connectivity index (χ4n) is 1.81. The predicted octanol–water partition coefficient (Wildman–Crippen LogP) is 4.94. The third-order valence-electron chi connectivity index (χ3n) is 2.65. The normalized spacial score (nSPS) is 12.7. The van der Waals surface area contributed by atoms with E-state index >= 15 is 0 Å². The van der Waals surface area contributed by atoms with Crippen molar-refractivity contribution in [3.8, 4) is 0 Å². The summed E-state index contributed by atoms with van der Waals surface area (Å²) in [5, 5.41) is 3.28. The Hall–Kier alpha value is -1.14. The Bertz CT molecular complexity index is 543. The number of rotatable bonds is 5.